The molecule has 0 amide bonds. The van der Waals surface area contributed by atoms with Gasteiger partial charge in [-0.2, -0.15) is 0 Å². The molecule has 23 heavy (non-hydrogen) atoms. The molecule has 0 rings (SSSR count). The first-order chi connectivity index (χ1) is 8.66. The van der Waals surface area contributed by atoms with E-state index in [4.69, 9.17) is 51.5 Å². The maximum atomic E-state index is 8.57. The van der Waals surface area contributed by atoms with Gasteiger partial charge in [-0.3, -0.25) is 0 Å². The molecule has 0 heterocycles. The maximum absolute atomic E-state index is 8.57. The van der Waals surface area contributed by atoms with Gasteiger partial charge in [-0.15, -0.1) is 0 Å². The van der Waals surface area contributed by atoms with Crippen molar-refractivity contribution in [1.82, 2.24) is 0 Å². The first kappa shape index (κ1) is 51.2. The number of hydrogen-bond donors (Lipinski definition) is 0. The second-order valence-corrected chi connectivity index (χ2v) is 6.34. The fourth-order valence-corrected chi connectivity index (χ4v) is 0. The van der Waals surface area contributed by atoms with Gasteiger partial charge in [0.1, 0.15) is 0 Å². The van der Waals surface area contributed by atoms with Crippen molar-refractivity contribution in [3.8, 4) is 0 Å². The van der Waals surface area contributed by atoms with E-state index in [9.17, 15) is 0 Å². The minimum Gasteiger partial charge on any atom is -2.00 e. The zero-order valence-corrected chi connectivity index (χ0v) is 27.0. The molecule has 0 aromatic carbocycles. The summed E-state index contributed by atoms with van der Waals surface area (Å²) in [7, 11) is 0. The monoisotopic (exact) mass is 1120 g/mol. The Hall–Kier alpha value is 5.32. The van der Waals surface area contributed by atoms with Crippen molar-refractivity contribution in [2.75, 3.05) is 0 Å². The minimum absolute atomic E-state index is 0. The minimum atomic E-state index is -4.01. The van der Waals surface area contributed by atoms with Crippen LogP contribution in [0.5, 0.6) is 0 Å². The first-order valence-corrected chi connectivity index (χ1v) is 15.5. The molecule has 0 saturated heterocycles. The summed E-state index contributed by atoms with van der Waals surface area (Å²) in [5.74, 6) is 0. The Kier molecular flexibility index (Phi) is 102. The van der Waals surface area contributed by atoms with Gasteiger partial charge < -0.3 is 57.0 Å². The van der Waals surface area contributed by atoms with Crippen LogP contribution in [0.3, 0.4) is 0 Å². The van der Waals surface area contributed by atoms with Crippen LogP contribution in [0.2, 0.25) is 0 Å². The van der Waals surface area contributed by atoms with Crippen molar-refractivity contribution in [2.45, 2.75) is 0 Å². The van der Waals surface area contributed by atoms with E-state index in [1.165, 1.54) is 0 Å². The summed E-state index contributed by atoms with van der Waals surface area (Å²) in [5.41, 5.74) is 0. The van der Waals surface area contributed by atoms with Crippen LogP contribution in [0.15, 0.2) is 0 Å². The van der Waals surface area contributed by atoms with Crippen molar-refractivity contribution < 1.29 is 185 Å². The van der Waals surface area contributed by atoms with Gasteiger partial charge in [-0.05, 0) is 0 Å². The Morgan fingerprint density at radius 3 is 0.304 bits per heavy atom. The smallest absolute Gasteiger partial charge is 2.00 e. The molecule has 0 spiro atoms. The molecule has 0 saturated carbocycles. The summed E-state index contributed by atoms with van der Waals surface area (Å²) >= 11 is -20.1. The van der Waals surface area contributed by atoms with Crippen molar-refractivity contribution in [2.24, 2.45) is 0 Å². The number of rotatable bonds is 0. The van der Waals surface area contributed by atoms with Crippen LogP contribution in [-0.4, -0.2) is 48.9 Å². The van der Waals surface area contributed by atoms with Crippen molar-refractivity contribution in [3.63, 3.8) is 0 Å². The topological polar surface area (TPSA) is 374 Å². The molecule has 0 aromatic heterocycles. The third-order valence-electron chi connectivity index (χ3n) is 0. The standard InChI is InChI=1S/Ba.5IO3.Nb.O/c;5*2-1(3)4;;/q+2;5*-1;+5;-2. The normalized spacial score (nSPS) is 7.83. The second-order valence-electron chi connectivity index (χ2n) is 0.945. The van der Waals surface area contributed by atoms with E-state index in [1.54, 1.807) is 0 Å². The Morgan fingerprint density at radius 1 is 0.304 bits per heavy atom. The maximum Gasteiger partial charge on any atom is 5.00 e. The molecule has 0 atom stereocenters. The SMILES string of the molecule is [Ba+2].[Nb+5].[O-2].[O-][I+2]([O-])[O-].[O-][I+2]([O-])[O-].[O-][I+2]([O-])[O-].[O-][I+2]([O-])[O-].[O-][I+2]([O-])[O-]. The zero-order valence-electron chi connectivity index (χ0n) is 9.58. The van der Waals surface area contributed by atoms with E-state index >= 15 is 0 Å². The molecule has 0 fully saturated rings. The van der Waals surface area contributed by atoms with E-state index in [-0.39, 0.29) is 76.7 Å². The second kappa shape index (κ2) is 45.8. The van der Waals surface area contributed by atoms with Crippen LogP contribution in [0, 0.1) is 0 Å². The predicted molar refractivity (Wildman–Crippen MR) is 6.44 cm³/mol. The average Bonchev–Trinajstić information content (AvgIpc) is 1.94. The Labute approximate surface area is 228 Å². The summed E-state index contributed by atoms with van der Waals surface area (Å²) in [6.45, 7) is 0. The summed E-state index contributed by atoms with van der Waals surface area (Å²) < 4.78 is 129. The fraction of sp³-hybridized carbons (Fsp3) is 0. The van der Waals surface area contributed by atoms with Crippen molar-refractivity contribution >= 4 is 48.9 Å². The van der Waals surface area contributed by atoms with Crippen LogP contribution >= 0.6 is 0 Å². The van der Waals surface area contributed by atoms with Crippen LogP contribution in [0.4, 0.5) is 0 Å². The van der Waals surface area contributed by atoms with Crippen molar-refractivity contribution in [3.05, 3.63) is 0 Å². The molecule has 0 aromatic rings. The summed E-state index contributed by atoms with van der Waals surface area (Å²) in [4.78, 5) is 0. The molecule has 0 unspecified atom stereocenters. The van der Waals surface area contributed by atoms with E-state index in [1.807, 2.05) is 0 Å². The molecule has 0 radical (unpaired) electrons. The molecule has 0 aliphatic heterocycles. The molecular weight excluding hydrogens is 1120 g/mol. The van der Waals surface area contributed by atoms with Gasteiger partial charge in [0.05, 0.1) is 0 Å². The average molecular weight is 1120 g/mol. The molecular formula is BaI5NbO16. The number of halogens is 5. The van der Waals surface area contributed by atoms with Gasteiger partial charge in [0.25, 0.3) is 105 Å². The van der Waals surface area contributed by atoms with E-state index < -0.39 is 105 Å². The Balaban J connectivity index is -0.0000000197. The van der Waals surface area contributed by atoms with Gasteiger partial charge in [-0.1, -0.05) is 0 Å². The molecule has 16 nitrogen and oxygen atoms in total. The Morgan fingerprint density at radius 2 is 0.304 bits per heavy atom. The van der Waals surface area contributed by atoms with Crippen LogP contribution in [0.25, 0.3) is 0 Å². The van der Waals surface area contributed by atoms with Gasteiger partial charge in [-0.25, -0.2) is 0 Å². The zero-order chi connectivity index (χ0) is 17.9. The molecule has 0 N–H and O–H groups in total. The summed E-state index contributed by atoms with van der Waals surface area (Å²) in [6, 6.07) is 0. The molecule has 0 aliphatic rings. The summed E-state index contributed by atoms with van der Waals surface area (Å²) in [5, 5.41) is 0. The quantitative estimate of drug-likeness (QED) is 0.161. The van der Waals surface area contributed by atoms with Gasteiger partial charge in [0, 0.05) is 0 Å². The van der Waals surface area contributed by atoms with Crippen LogP contribution in [0.1, 0.15) is 0 Å². The van der Waals surface area contributed by atoms with Crippen molar-refractivity contribution in [1.29, 1.82) is 0 Å². The third-order valence-corrected chi connectivity index (χ3v) is 0. The largest absolute Gasteiger partial charge is 5.00 e. The fourth-order valence-electron chi connectivity index (χ4n) is 0. The number of hydrogen-bond acceptors (Lipinski definition) is 15. The predicted octanol–water partition coefficient (Wildman–Crippen LogP) is -33.3. The molecule has 138 valence electrons. The van der Waals surface area contributed by atoms with Gasteiger partial charge in [0.2, 0.25) is 0 Å². The molecule has 23 heteroatoms. The van der Waals surface area contributed by atoms with E-state index in [0.717, 1.165) is 0 Å². The van der Waals surface area contributed by atoms with E-state index in [0.29, 0.717) is 0 Å². The van der Waals surface area contributed by atoms with E-state index in [2.05, 4.69) is 0 Å². The van der Waals surface area contributed by atoms with Crippen LogP contribution < -0.4 is 157 Å². The van der Waals surface area contributed by atoms with Gasteiger partial charge in [0.15, 0.2) is 0 Å². The molecule has 0 bridgehead atoms. The Bertz CT molecular complexity index is 87.0. The molecule has 0 aliphatic carbocycles. The first-order valence-electron chi connectivity index (χ1n) is 2.31. The summed E-state index contributed by atoms with van der Waals surface area (Å²) in [6.07, 6.45) is 0. The van der Waals surface area contributed by atoms with Crippen LogP contribution in [-0.2, 0) is 27.9 Å². The van der Waals surface area contributed by atoms with Gasteiger partial charge >= 0.3 is 71.3 Å². The third kappa shape index (κ3) is 619.